The topological polar surface area (TPSA) is 80.8 Å². The van der Waals surface area contributed by atoms with Crippen molar-refractivity contribution >= 4 is 41.0 Å². The van der Waals surface area contributed by atoms with Crippen LogP contribution in [0.3, 0.4) is 0 Å². The number of anilines is 1. The highest BCUT2D eigenvalue weighted by atomic mass is 32.2. The maximum Gasteiger partial charge on any atom is 0.338 e. The van der Waals surface area contributed by atoms with Crippen LogP contribution in [0.4, 0.5) is 5.69 Å². The molecule has 1 unspecified atom stereocenters. The molecular formula is C32H25NO5S. The Hall–Kier alpha value is -4.49. The molecule has 2 amide bonds. The van der Waals surface area contributed by atoms with E-state index >= 15 is 0 Å². The maximum absolute atomic E-state index is 13.0. The Morgan fingerprint density at radius 2 is 1.41 bits per heavy atom. The lowest BCUT2D eigenvalue weighted by Crippen LogP contribution is -2.31. The van der Waals surface area contributed by atoms with E-state index < -0.39 is 17.8 Å². The highest BCUT2D eigenvalue weighted by molar-refractivity contribution is 8.00. The Balaban J connectivity index is 1.17. The van der Waals surface area contributed by atoms with Crippen molar-refractivity contribution in [1.82, 2.24) is 0 Å². The molecule has 1 aliphatic rings. The van der Waals surface area contributed by atoms with E-state index in [9.17, 15) is 19.2 Å². The number of nitrogens with zero attached hydrogens (tertiary/aromatic N) is 1. The third-order valence-corrected chi connectivity index (χ3v) is 7.61. The summed E-state index contributed by atoms with van der Waals surface area (Å²) in [6.45, 7) is 1.59. The lowest BCUT2D eigenvalue weighted by Gasteiger charge is -2.15. The second kappa shape index (κ2) is 11.5. The number of thioether (sulfide) groups is 1. The van der Waals surface area contributed by atoms with Gasteiger partial charge in [0.2, 0.25) is 11.8 Å². The molecule has 39 heavy (non-hydrogen) atoms. The highest BCUT2D eigenvalue weighted by Gasteiger charge is 2.40. The van der Waals surface area contributed by atoms with E-state index in [0.29, 0.717) is 11.3 Å². The fraction of sp³-hybridized carbons (Fsp3) is 0.125. The van der Waals surface area contributed by atoms with Gasteiger partial charge in [-0.25, -0.2) is 9.69 Å². The van der Waals surface area contributed by atoms with E-state index in [1.165, 1.54) is 36.0 Å². The summed E-state index contributed by atoms with van der Waals surface area (Å²) in [7, 11) is 0. The van der Waals surface area contributed by atoms with Crippen LogP contribution in [-0.4, -0.2) is 35.4 Å². The first-order chi connectivity index (χ1) is 18.9. The number of ketones is 1. The predicted octanol–water partition coefficient (Wildman–Crippen LogP) is 6.13. The van der Waals surface area contributed by atoms with Gasteiger partial charge in [-0.05, 0) is 54.4 Å². The SMILES string of the molecule is Cc1ccc(SC2CC(=O)N(c3ccc(C(=O)OCC(=O)c4ccc(-c5ccccc5)cc4)cc3)C2=O)cc1. The van der Waals surface area contributed by atoms with Gasteiger partial charge in [-0.2, -0.15) is 0 Å². The number of aryl methyl sites for hydroxylation is 1. The zero-order valence-electron chi connectivity index (χ0n) is 21.2. The molecule has 0 bridgehead atoms. The minimum atomic E-state index is -0.664. The van der Waals surface area contributed by atoms with Crippen LogP contribution in [0.1, 0.15) is 32.7 Å². The molecule has 0 saturated carbocycles. The minimum absolute atomic E-state index is 0.107. The molecule has 1 saturated heterocycles. The van der Waals surface area contributed by atoms with Gasteiger partial charge in [0.25, 0.3) is 0 Å². The van der Waals surface area contributed by atoms with E-state index in [1.807, 2.05) is 73.7 Å². The molecule has 0 radical (unpaired) electrons. The first-order valence-electron chi connectivity index (χ1n) is 12.4. The van der Waals surface area contributed by atoms with Crippen molar-refractivity contribution in [2.45, 2.75) is 23.5 Å². The number of carbonyl (C=O) groups excluding carboxylic acids is 4. The third-order valence-electron chi connectivity index (χ3n) is 6.41. The quantitative estimate of drug-likeness (QED) is 0.154. The van der Waals surface area contributed by atoms with Crippen molar-refractivity contribution in [2.75, 3.05) is 11.5 Å². The third kappa shape index (κ3) is 5.99. The zero-order chi connectivity index (χ0) is 27.4. The standard InChI is InChI=1S/C32H25NO5S/c1-21-7-17-27(18-8-21)39-29-19-30(35)33(31(29)36)26-15-13-25(14-16-26)32(37)38-20-28(34)24-11-9-23(10-12-24)22-5-3-2-4-6-22/h2-18,29H,19-20H2,1H3. The summed E-state index contributed by atoms with van der Waals surface area (Å²) in [6.07, 6.45) is 0.107. The number of hydrogen-bond acceptors (Lipinski definition) is 6. The summed E-state index contributed by atoms with van der Waals surface area (Å²) in [5.74, 6) is -1.55. The Morgan fingerprint density at radius 3 is 2.08 bits per heavy atom. The number of Topliss-reactive ketones (excluding diaryl/α,β-unsaturated/α-hetero) is 1. The number of hydrogen-bond donors (Lipinski definition) is 0. The number of benzene rings is 4. The highest BCUT2D eigenvalue weighted by Crippen LogP contribution is 2.34. The fourth-order valence-corrected chi connectivity index (χ4v) is 5.33. The molecule has 5 rings (SSSR count). The Bertz CT molecular complexity index is 1510. The molecular weight excluding hydrogens is 510 g/mol. The zero-order valence-corrected chi connectivity index (χ0v) is 22.0. The molecule has 1 atom stereocenters. The Morgan fingerprint density at radius 1 is 0.795 bits per heavy atom. The van der Waals surface area contributed by atoms with Crippen LogP contribution in [0.2, 0.25) is 0 Å². The first-order valence-corrected chi connectivity index (χ1v) is 13.3. The van der Waals surface area contributed by atoms with Crippen molar-refractivity contribution < 1.29 is 23.9 Å². The molecule has 1 heterocycles. The summed E-state index contributed by atoms with van der Waals surface area (Å²) in [5, 5.41) is -0.502. The molecule has 0 spiro atoms. The van der Waals surface area contributed by atoms with Crippen LogP contribution in [0.15, 0.2) is 108 Å². The number of rotatable bonds is 8. The van der Waals surface area contributed by atoms with Gasteiger partial charge in [0.05, 0.1) is 16.5 Å². The van der Waals surface area contributed by atoms with Crippen LogP contribution in [0.5, 0.6) is 0 Å². The molecule has 4 aromatic rings. The van der Waals surface area contributed by atoms with Gasteiger partial charge in [0.1, 0.15) is 0 Å². The monoisotopic (exact) mass is 535 g/mol. The summed E-state index contributed by atoms with van der Waals surface area (Å²) in [5.41, 5.74) is 4.21. The van der Waals surface area contributed by atoms with Crippen molar-refractivity contribution in [3.05, 3.63) is 120 Å². The normalized spacial score (nSPS) is 14.9. The molecule has 0 aliphatic carbocycles. The molecule has 0 N–H and O–H groups in total. The smallest absolute Gasteiger partial charge is 0.338 e. The first kappa shape index (κ1) is 26.1. The molecule has 0 aromatic heterocycles. The summed E-state index contributed by atoms with van der Waals surface area (Å²) in [6, 6.07) is 30.8. The van der Waals surface area contributed by atoms with Gasteiger partial charge in [-0.15, -0.1) is 11.8 Å². The van der Waals surface area contributed by atoms with Gasteiger partial charge < -0.3 is 4.74 Å². The molecule has 194 valence electrons. The Labute approximate surface area is 230 Å². The molecule has 6 nitrogen and oxygen atoms in total. The van der Waals surface area contributed by atoms with E-state index in [1.54, 1.807) is 12.1 Å². The van der Waals surface area contributed by atoms with Crippen LogP contribution in [0.25, 0.3) is 11.1 Å². The van der Waals surface area contributed by atoms with Gasteiger partial charge in [0, 0.05) is 16.9 Å². The van der Waals surface area contributed by atoms with Crippen LogP contribution < -0.4 is 4.90 Å². The van der Waals surface area contributed by atoms with Crippen LogP contribution in [-0.2, 0) is 14.3 Å². The largest absolute Gasteiger partial charge is 0.454 e. The fourth-order valence-electron chi connectivity index (χ4n) is 4.27. The van der Waals surface area contributed by atoms with Gasteiger partial charge in [-0.1, -0.05) is 72.3 Å². The summed E-state index contributed by atoms with van der Waals surface area (Å²) in [4.78, 5) is 52.8. The van der Waals surface area contributed by atoms with E-state index in [-0.39, 0.29) is 29.6 Å². The number of esters is 1. The lowest BCUT2D eigenvalue weighted by atomic mass is 10.0. The second-order valence-electron chi connectivity index (χ2n) is 9.18. The summed E-state index contributed by atoms with van der Waals surface area (Å²) >= 11 is 1.37. The molecule has 4 aromatic carbocycles. The van der Waals surface area contributed by atoms with Crippen molar-refractivity contribution in [1.29, 1.82) is 0 Å². The number of ether oxygens (including phenoxy) is 1. The van der Waals surface area contributed by atoms with E-state index in [2.05, 4.69) is 0 Å². The number of imide groups is 1. The van der Waals surface area contributed by atoms with Gasteiger partial charge in [0.15, 0.2) is 12.4 Å². The molecule has 1 fully saturated rings. The lowest BCUT2D eigenvalue weighted by molar-refractivity contribution is -0.121. The minimum Gasteiger partial charge on any atom is -0.454 e. The second-order valence-corrected chi connectivity index (χ2v) is 10.5. The number of carbonyl (C=O) groups is 4. The van der Waals surface area contributed by atoms with E-state index in [4.69, 9.17) is 4.74 Å². The summed E-state index contributed by atoms with van der Waals surface area (Å²) < 4.78 is 5.22. The van der Waals surface area contributed by atoms with Gasteiger partial charge >= 0.3 is 5.97 Å². The molecule has 1 aliphatic heterocycles. The van der Waals surface area contributed by atoms with Gasteiger partial charge in [-0.3, -0.25) is 14.4 Å². The van der Waals surface area contributed by atoms with Crippen molar-refractivity contribution in [3.8, 4) is 11.1 Å². The average Bonchev–Trinajstić information content (AvgIpc) is 3.25. The van der Waals surface area contributed by atoms with Crippen molar-refractivity contribution in [2.24, 2.45) is 0 Å². The van der Waals surface area contributed by atoms with Crippen LogP contribution in [0, 0.1) is 6.92 Å². The predicted molar refractivity (Wildman–Crippen MR) is 151 cm³/mol. The average molecular weight is 536 g/mol. The number of amides is 2. The van der Waals surface area contributed by atoms with E-state index in [0.717, 1.165) is 26.5 Å². The maximum atomic E-state index is 13.0. The molecule has 7 heteroatoms. The Kier molecular flexibility index (Phi) is 7.70. The van der Waals surface area contributed by atoms with Crippen LogP contribution >= 0.6 is 11.8 Å². The van der Waals surface area contributed by atoms with Crippen molar-refractivity contribution in [3.63, 3.8) is 0 Å².